The number of hydrogen-bond acceptors (Lipinski definition) is 3. The van der Waals surface area contributed by atoms with Gasteiger partial charge in [0, 0.05) is 33.2 Å². The predicted molar refractivity (Wildman–Crippen MR) is 91.1 cm³/mol. The van der Waals surface area contributed by atoms with Crippen molar-refractivity contribution in [2.45, 2.75) is 6.42 Å². The summed E-state index contributed by atoms with van der Waals surface area (Å²) in [4.78, 5) is 5.58. The number of aromatic nitrogens is 1. The van der Waals surface area contributed by atoms with Crippen LogP contribution in [-0.2, 0) is 6.42 Å². The summed E-state index contributed by atoms with van der Waals surface area (Å²) in [5, 5.41) is 5.63. The first-order chi connectivity index (χ1) is 10.2. The Kier molecular flexibility index (Phi) is 4.44. The minimum Gasteiger partial charge on any atom is -0.332 e. The molecule has 3 aromatic rings. The molecule has 5 heteroatoms. The third-order valence-corrected chi connectivity index (χ3v) is 4.32. The molecular weight excluding hydrogens is 323 g/mol. The van der Waals surface area contributed by atoms with Gasteiger partial charge in [-0.25, -0.2) is 4.98 Å². The quantitative estimate of drug-likeness (QED) is 0.653. The van der Waals surface area contributed by atoms with Crippen molar-refractivity contribution < 1.29 is 0 Å². The molecule has 0 spiro atoms. The monoisotopic (exact) mass is 334 g/mol. The summed E-state index contributed by atoms with van der Waals surface area (Å²) in [5.41, 5.74) is 2.16. The van der Waals surface area contributed by atoms with Crippen LogP contribution in [0.1, 0.15) is 10.4 Å². The van der Waals surface area contributed by atoms with Crippen molar-refractivity contribution in [2.75, 3.05) is 5.32 Å². The van der Waals surface area contributed by atoms with Crippen LogP contribution < -0.4 is 5.32 Å². The topological polar surface area (TPSA) is 24.9 Å². The van der Waals surface area contributed by atoms with Gasteiger partial charge in [-0.2, -0.15) is 0 Å². The van der Waals surface area contributed by atoms with Gasteiger partial charge in [0.15, 0.2) is 5.13 Å². The van der Waals surface area contributed by atoms with Crippen LogP contribution in [0.5, 0.6) is 0 Å². The molecule has 0 atom stereocenters. The van der Waals surface area contributed by atoms with E-state index in [2.05, 4.69) is 16.4 Å². The molecule has 1 heterocycles. The van der Waals surface area contributed by atoms with Crippen LogP contribution in [-0.4, -0.2) is 4.98 Å². The number of halogens is 2. The summed E-state index contributed by atoms with van der Waals surface area (Å²) >= 11 is 13.5. The molecule has 106 valence electrons. The van der Waals surface area contributed by atoms with Crippen molar-refractivity contribution in [2.24, 2.45) is 0 Å². The molecule has 2 nitrogen and oxygen atoms in total. The first kappa shape index (κ1) is 14.4. The Morgan fingerprint density at radius 1 is 1.00 bits per heavy atom. The molecular formula is C16H12Cl2N2S. The van der Waals surface area contributed by atoms with Crippen LogP contribution >= 0.6 is 34.5 Å². The highest BCUT2D eigenvalue weighted by atomic mass is 35.5. The summed E-state index contributed by atoms with van der Waals surface area (Å²) in [5.74, 6) is 0. The van der Waals surface area contributed by atoms with Crippen LogP contribution in [0.15, 0.2) is 54.7 Å². The molecule has 0 radical (unpaired) electrons. The Morgan fingerprint density at radius 3 is 2.57 bits per heavy atom. The van der Waals surface area contributed by atoms with E-state index in [0.29, 0.717) is 0 Å². The van der Waals surface area contributed by atoms with Crippen molar-refractivity contribution in [1.29, 1.82) is 0 Å². The van der Waals surface area contributed by atoms with E-state index >= 15 is 0 Å². The number of anilines is 2. The van der Waals surface area contributed by atoms with E-state index in [1.165, 1.54) is 10.4 Å². The number of hydrogen-bond donors (Lipinski definition) is 1. The van der Waals surface area contributed by atoms with Crippen LogP contribution in [0.2, 0.25) is 10.0 Å². The van der Waals surface area contributed by atoms with Gasteiger partial charge in [-0.1, -0.05) is 35.3 Å². The third kappa shape index (κ3) is 3.97. The van der Waals surface area contributed by atoms with E-state index in [1.807, 2.05) is 48.7 Å². The Bertz CT molecular complexity index is 738. The summed E-state index contributed by atoms with van der Waals surface area (Å²) in [6.45, 7) is 0. The van der Waals surface area contributed by atoms with E-state index in [1.54, 1.807) is 11.3 Å². The normalized spacial score (nSPS) is 10.6. The molecule has 0 aliphatic heterocycles. The van der Waals surface area contributed by atoms with E-state index in [-0.39, 0.29) is 0 Å². The van der Waals surface area contributed by atoms with E-state index in [4.69, 9.17) is 23.2 Å². The van der Waals surface area contributed by atoms with Gasteiger partial charge in [0.25, 0.3) is 0 Å². The standard InChI is InChI=1S/C16H12Cl2N2S/c17-12-4-6-14(7-5-12)20-16-19-10-15(21-16)9-11-2-1-3-13(18)8-11/h1-8,10H,9H2,(H,19,20). The maximum atomic E-state index is 6.00. The van der Waals surface area contributed by atoms with E-state index < -0.39 is 0 Å². The number of rotatable bonds is 4. The average Bonchev–Trinajstić information content (AvgIpc) is 2.89. The van der Waals surface area contributed by atoms with Crippen molar-refractivity contribution in [3.63, 3.8) is 0 Å². The zero-order valence-electron chi connectivity index (χ0n) is 11.0. The fraction of sp³-hybridized carbons (Fsp3) is 0.0625. The summed E-state index contributed by atoms with van der Waals surface area (Å²) < 4.78 is 0. The van der Waals surface area contributed by atoms with Gasteiger partial charge in [0.2, 0.25) is 0 Å². The van der Waals surface area contributed by atoms with Gasteiger partial charge in [-0.15, -0.1) is 11.3 Å². The molecule has 21 heavy (non-hydrogen) atoms. The number of nitrogens with one attached hydrogen (secondary N) is 1. The molecule has 3 rings (SSSR count). The van der Waals surface area contributed by atoms with E-state index in [9.17, 15) is 0 Å². The van der Waals surface area contributed by atoms with E-state index in [0.717, 1.165) is 27.3 Å². The zero-order chi connectivity index (χ0) is 14.7. The molecule has 2 aromatic carbocycles. The number of thiazole rings is 1. The fourth-order valence-corrected chi connectivity index (χ4v) is 3.16. The highest BCUT2D eigenvalue weighted by molar-refractivity contribution is 7.15. The second kappa shape index (κ2) is 6.48. The fourth-order valence-electron chi connectivity index (χ4n) is 1.95. The molecule has 0 unspecified atom stereocenters. The summed E-state index contributed by atoms with van der Waals surface area (Å²) in [6, 6.07) is 15.5. The van der Waals surface area contributed by atoms with Crippen LogP contribution in [0.25, 0.3) is 0 Å². The van der Waals surface area contributed by atoms with Crippen molar-refractivity contribution in [3.05, 3.63) is 75.2 Å². The van der Waals surface area contributed by atoms with Crippen molar-refractivity contribution in [1.82, 2.24) is 4.98 Å². The van der Waals surface area contributed by atoms with Gasteiger partial charge in [0.1, 0.15) is 0 Å². The van der Waals surface area contributed by atoms with Crippen molar-refractivity contribution in [3.8, 4) is 0 Å². The predicted octanol–water partition coefficient (Wildman–Crippen LogP) is 5.78. The van der Waals surface area contributed by atoms with Crippen molar-refractivity contribution >= 4 is 45.4 Å². The summed E-state index contributed by atoms with van der Waals surface area (Å²) in [6.07, 6.45) is 2.73. The Labute approximate surface area is 137 Å². The lowest BCUT2D eigenvalue weighted by atomic mass is 10.1. The molecule has 0 aliphatic carbocycles. The molecule has 0 aliphatic rings. The molecule has 0 saturated heterocycles. The number of benzene rings is 2. The second-order valence-corrected chi connectivity index (χ2v) is 6.56. The van der Waals surface area contributed by atoms with Crippen LogP contribution in [0.3, 0.4) is 0 Å². The molecule has 0 amide bonds. The largest absolute Gasteiger partial charge is 0.332 e. The lowest BCUT2D eigenvalue weighted by Crippen LogP contribution is -1.87. The van der Waals surface area contributed by atoms with Gasteiger partial charge in [-0.05, 0) is 42.0 Å². The lowest BCUT2D eigenvalue weighted by Gasteiger charge is -2.01. The molecule has 1 aromatic heterocycles. The summed E-state index contributed by atoms with van der Waals surface area (Å²) in [7, 11) is 0. The molecule has 1 N–H and O–H groups in total. The third-order valence-electron chi connectivity index (χ3n) is 2.92. The lowest BCUT2D eigenvalue weighted by molar-refractivity contribution is 1.22. The van der Waals surface area contributed by atoms with Crippen LogP contribution in [0.4, 0.5) is 10.8 Å². The minimum atomic E-state index is 0.723. The molecule has 0 bridgehead atoms. The zero-order valence-corrected chi connectivity index (χ0v) is 13.3. The minimum absolute atomic E-state index is 0.723. The second-order valence-electron chi connectivity index (χ2n) is 4.57. The maximum Gasteiger partial charge on any atom is 0.187 e. The molecule has 0 saturated carbocycles. The average molecular weight is 335 g/mol. The first-order valence-electron chi connectivity index (χ1n) is 6.41. The Balaban J connectivity index is 1.70. The first-order valence-corrected chi connectivity index (χ1v) is 7.98. The van der Waals surface area contributed by atoms with Crippen LogP contribution in [0, 0.1) is 0 Å². The van der Waals surface area contributed by atoms with Gasteiger partial charge in [-0.3, -0.25) is 0 Å². The Hall–Kier alpha value is -1.55. The molecule has 0 fully saturated rings. The smallest absolute Gasteiger partial charge is 0.187 e. The highest BCUT2D eigenvalue weighted by Gasteiger charge is 2.04. The SMILES string of the molecule is Clc1ccc(Nc2ncc(Cc3cccc(Cl)c3)s2)cc1. The van der Waals surface area contributed by atoms with Gasteiger partial charge < -0.3 is 5.32 Å². The highest BCUT2D eigenvalue weighted by Crippen LogP contribution is 2.25. The van der Waals surface area contributed by atoms with Gasteiger partial charge in [0.05, 0.1) is 0 Å². The Morgan fingerprint density at radius 2 is 1.81 bits per heavy atom. The maximum absolute atomic E-state index is 6.00. The number of nitrogens with zero attached hydrogens (tertiary/aromatic N) is 1. The van der Waals surface area contributed by atoms with Gasteiger partial charge >= 0.3 is 0 Å².